The molecule has 2 saturated heterocycles. The van der Waals surface area contributed by atoms with Gasteiger partial charge in [0, 0.05) is 75.9 Å². The summed E-state index contributed by atoms with van der Waals surface area (Å²) in [6, 6.07) is 3.15. The number of halogens is 2. The molecule has 12 nitrogen and oxygen atoms in total. The van der Waals surface area contributed by atoms with Crippen molar-refractivity contribution in [3.63, 3.8) is 0 Å². The molecule has 5 rings (SSSR count). The summed E-state index contributed by atoms with van der Waals surface area (Å²) in [5.74, 6) is -0.501. The fraction of sp³-hybridized carbons (Fsp3) is 0.423. The van der Waals surface area contributed by atoms with Crippen LogP contribution in [0.15, 0.2) is 30.9 Å². The van der Waals surface area contributed by atoms with Crippen LogP contribution in [0, 0.1) is 5.82 Å². The number of nitrogen functional groups attached to an aromatic ring is 1. The number of morpholine rings is 1. The first-order valence-electron chi connectivity index (χ1n) is 13.1. The zero-order valence-electron chi connectivity index (χ0n) is 22.2. The van der Waals surface area contributed by atoms with Gasteiger partial charge in [-0.2, -0.15) is 0 Å². The summed E-state index contributed by atoms with van der Waals surface area (Å²) >= 11 is 6.10. The SMILES string of the molecule is CN1CCN(c2cc(F)c(-c3cnc(C(=O)NCCN4CCOCC4)nc3)cc2Nc2ncnc(Cl)c2N)CC1. The molecule has 212 valence electrons. The Kier molecular flexibility index (Phi) is 8.85. The van der Waals surface area contributed by atoms with Crippen LogP contribution < -0.4 is 21.3 Å². The van der Waals surface area contributed by atoms with E-state index >= 15 is 4.39 Å². The third-order valence-electron chi connectivity index (χ3n) is 7.00. The lowest BCUT2D eigenvalue weighted by molar-refractivity contribution is 0.0383. The van der Waals surface area contributed by atoms with Crippen LogP contribution in [0.2, 0.25) is 5.15 Å². The second-order valence-electron chi connectivity index (χ2n) is 9.70. The number of rotatable bonds is 8. The minimum atomic E-state index is -0.445. The van der Waals surface area contributed by atoms with Gasteiger partial charge in [0.1, 0.15) is 17.8 Å². The standard InChI is InChI=1S/C26H32ClFN10O2/c1-36-4-6-38(7-5-36)21-13-19(28)18(12-20(21)35-24-22(29)23(27)33-16-34-24)17-14-31-25(32-15-17)26(39)30-2-3-37-8-10-40-11-9-37/h12-16H,2-11,29H2,1H3,(H,30,39)(H,33,34,35). The van der Waals surface area contributed by atoms with Crippen molar-refractivity contribution in [3.05, 3.63) is 47.6 Å². The Labute approximate surface area is 236 Å². The number of nitrogens with one attached hydrogen (secondary N) is 2. The Balaban J connectivity index is 1.36. The molecular formula is C26H32ClFN10O2. The summed E-state index contributed by atoms with van der Waals surface area (Å²) in [6.07, 6.45) is 4.19. The molecule has 0 spiro atoms. The van der Waals surface area contributed by atoms with Gasteiger partial charge in [0.2, 0.25) is 5.82 Å². The highest BCUT2D eigenvalue weighted by Crippen LogP contribution is 2.37. The van der Waals surface area contributed by atoms with E-state index in [1.807, 2.05) is 0 Å². The van der Waals surface area contributed by atoms with Gasteiger partial charge in [-0.05, 0) is 19.2 Å². The van der Waals surface area contributed by atoms with Crippen LogP contribution in [0.3, 0.4) is 0 Å². The molecule has 0 saturated carbocycles. The molecule has 40 heavy (non-hydrogen) atoms. The van der Waals surface area contributed by atoms with E-state index in [1.54, 1.807) is 6.07 Å². The highest BCUT2D eigenvalue weighted by molar-refractivity contribution is 6.32. The van der Waals surface area contributed by atoms with E-state index in [2.05, 4.69) is 52.3 Å². The van der Waals surface area contributed by atoms with Crippen molar-refractivity contribution in [2.75, 3.05) is 88.6 Å². The molecule has 14 heteroatoms. The van der Waals surface area contributed by atoms with Crippen molar-refractivity contribution in [3.8, 4) is 11.1 Å². The zero-order valence-corrected chi connectivity index (χ0v) is 23.0. The number of hydrogen-bond acceptors (Lipinski definition) is 11. The summed E-state index contributed by atoms with van der Waals surface area (Å²) in [5.41, 5.74) is 8.23. The Bertz CT molecular complexity index is 1330. The van der Waals surface area contributed by atoms with Gasteiger partial charge in [0.25, 0.3) is 5.91 Å². The van der Waals surface area contributed by atoms with Crippen LogP contribution >= 0.6 is 11.6 Å². The number of carbonyl (C=O) groups excluding carboxylic acids is 1. The number of nitrogens with zero attached hydrogens (tertiary/aromatic N) is 7. The first-order valence-corrected chi connectivity index (χ1v) is 13.5. The second-order valence-corrected chi connectivity index (χ2v) is 10.1. The predicted octanol–water partition coefficient (Wildman–Crippen LogP) is 1.87. The normalized spacial score (nSPS) is 16.6. The monoisotopic (exact) mass is 570 g/mol. The van der Waals surface area contributed by atoms with Crippen molar-refractivity contribution in [1.82, 2.24) is 35.1 Å². The lowest BCUT2D eigenvalue weighted by Gasteiger charge is -2.35. The number of piperazine rings is 1. The lowest BCUT2D eigenvalue weighted by atomic mass is 10.0. The number of carbonyl (C=O) groups is 1. The molecule has 0 bridgehead atoms. The first kappa shape index (κ1) is 27.9. The van der Waals surface area contributed by atoms with Crippen LogP contribution in [-0.4, -0.2) is 108 Å². The molecule has 2 fully saturated rings. The average molecular weight is 571 g/mol. The third-order valence-corrected chi connectivity index (χ3v) is 7.30. The van der Waals surface area contributed by atoms with Gasteiger partial charge in [-0.25, -0.2) is 24.3 Å². The van der Waals surface area contributed by atoms with Gasteiger partial charge in [-0.15, -0.1) is 0 Å². The minimum Gasteiger partial charge on any atom is -0.393 e. The van der Waals surface area contributed by atoms with Gasteiger partial charge < -0.3 is 30.9 Å². The number of hydrogen-bond donors (Lipinski definition) is 3. The van der Waals surface area contributed by atoms with E-state index in [0.29, 0.717) is 42.5 Å². The maximum absolute atomic E-state index is 15.5. The molecule has 2 aliphatic rings. The number of aromatic nitrogens is 4. The van der Waals surface area contributed by atoms with Crippen molar-refractivity contribution in [2.24, 2.45) is 0 Å². The maximum Gasteiger partial charge on any atom is 0.289 e. The molecule has 2 aliphatic heterocycles. The van der Waals surface area contributed by atoms with E-state index in [-0.39, 0.29) is 28.1 Å². The van der Waals surface area contributed by atoms with Crippen molar-refractivity contribution in [1.29, 1.82) is 0 Å². The fourth-order valence-corrected chi connectivity index (χ4v) is 4.74. The summed E-state index contributed by atoms with van der Waals surface area (Å²) in [6.45, 7) is 7.40. The number of benzene rings is 1. The summed E-state index contributed by atoms with van der Waals surface area (Å²) in [4.78, 5) is 35.6. The van der Waals surface area contributed by atoms with E-state index in [9.17, 15) is 4.79 Å². The minimum absolute atomic E-state index is 0.0157. The molecule has 0 aliphatic carbocycles. The van der Waals surface area contributed by atoms with Crippen LogP contribution in [0.25, 0.3) is 11.1 Å². The van der Waals surface area contributed by atoms with Crippen LogP contribution in [0.5, 0.6) is 0 Å². The van der Waals surface area contributed by atoms with E-state index < -0.39 is 5.82 Å². The number of ether oxygens (including phenoxy) is 1. The smallest absolute Gasteiger partial charge is 0.289 e. The summed E-state index contributed by atoms with van der Waals surface area (Å²) < 4.78 is 20.9. The third kappa shape index (κ3) is 6.55. The molecule has 0 atom stereocenters. The van der Waals surface area contributed by atoms with E-state index in [4.69, 9.17) is 22.1 Å². The molecule has 4 N–H and O–H groups in total. The second kappa shape index (κ2) is 12.7. The van der Waals surface area contributed by atoms with Gasteiger partial charge in [-0.1, -0.05) is 11.6 Å². The van der Waals surface area contributed by atoms with Gasteiger partial charge in [-0.3, -0.25) is 9.69 Å². The highest BCUT2D eigenvalue weighted by atomic mass is 35.5. The van der Waals surface area contributed by atoms with Crippen LogP contribution in [-0.2, 0) is 4.74 Å². The Morgan fingerprint density at radius 3 is 2.52 bits per heavy atom. The Hall–Kier alpha value is -3.65. The Morgan fingerprint density at radius 1 is 1.07 bits per heavy atom. The molecule has 0 unspecified atom stereocenters. The van der Waals surface area contributed by atoms with Crippen molar-refractivity contribution < 1.29 is 13.9 Å². The lowest BCUT2D eigenvalue weighted by Crippen LogP contribution is -2.44. The van der Waals surface area contributed by atoms with Crippen LogP contribution in [0.1, 0.15) is 10.6 Å². The molecule has 2 aromatic heterocycles. The molecule has 4 heterocycles. The van der Waals surface area contributed by atoms with Gasteiger partial charge in [0.15, 0.2) is 11.0 Å². The van der Waals surface area contributed by atoms with E-state index in [0.717, 1.165) is 45.8 Å². The molecular weight excluding hydrogens is 539 g/mol. The fourth-order valence-electron chi connectivity index (χ4n) is 4.61. The molecule has 0 radical (unpaired) electrons. The maximum atomic E-state index is 15.5. The number of anilines is 4. The Morgan fingerprint density at radius 2 is 1.80 bits per heavy atom. The topological polar surface area (TPSA) is 138 Å². The summed E-state index contributed by atoms with van der Waals surface area (Å²) in [5, 5.41) is 6.16. The summed E-state index contributed by atoms with van der Waals surface area (Å²) in [7, 11) is 2.05. The predicted molar refractivity (Wildman–Crippen MR) is 151 cm³/mol. The quantitative estimate of drug-likeness (QED) is 0.342. The zero-order chi connectivity index (χ0) is 28.1. The van der Waals surface area contributed by atoms with Gasteiger partial charge in [0.05, 0.1) is 24.6 Å². The van der Waals surface area contributed by atoms with Crippen molar-refractivity contribution >= 4 is 40.4 Å². The molecule has 1 aromatic carbocycles. The van der Waals surface area contributed by atoms with Gasteiger partial charge >= 0.3 is 0 Å². The largest absolute Gasteiger partial charge is 0.393 e. The highest BCUT2D eigenvalue weighted by Gasteiger charge is 2.22. The molecule has 1 amide bonds. The number of nitrogens with two attached hydrogens (primary N) is 1. The van der Waals surface area contributed by atoms with Crippen LogP contribution in [0.4, 0.5) is 27.3 Å². The first-order chi connectivity index (χ1) is 19.4. The average Bonchev–Trinajstić information content (AvgIpc) is 2.97. The van der Waals surface area contributed by atoms with E-state index in [1.165, 1.54) is 24.8 Å². The number of amides is 1. The van der Waals surface area contributed by atoms with Crippen molar-refractivity contribution in [2.45, 2.75) is 0 Å². The number of likely N-dealkylation sites (N-methyl/N-ethyl adjacent to an activating group) is 1. The molecule has 3 aromatic rings.